The Labute approximate surface area is 137 Å². The highest BCUT2D eigenvalue weighted by Crippen LogP contribution is 2.29. The second-order valence-corrected chi connectivity index (χ2v) is 6.33. The van der Waals surface area contributed by atoms with Crippen molar-refractivity contribution in [2.75, 3.05) is 0 Å². The highest BCUT2D eigenvalue weighted by Gasteiger charge is 2.11. The second kappa shape index (κ2) is 6.86. The van der Waals surface area contributed by atoms with Crippen LogP contribution in [0.1, 0.15) is 20.8 Å². The summed E-state index contributed by atoms with van der Waals surface area (Å²) in [7, 11) is 0. The molecule has 2 nitrogen and oxygen atoms in total. The summed E-state index contributed by atoms with van der Waals surface area (Å²) in [4.78, 5) is 14.0. The van der Waals surface area contributed by atoms with Crippen LogP contribution in [0.15, 0.2) is 60.7 Å². The van der Waals surface area contributed by atoms with E-state index in [0.717, 1.165) is 16.0 Å². The van der Waals surface area contributed by atoms with E-state index >= 15 is 0 Å². The molecule has 1 aromatic heterocycles. The van der Waals surface area contributed by atoms with Crippen LogP contribution in [0.4, 0.5) is 4.39 Å². The Bertz CT molecular complexity index is 821. The average molecular weight is 326 g/mol. The van der Waals surface area contributed by atoms with Crippen molar-refractivity contribution in [1.29, 1.82) is 0 Å². The smallest absolute Gasteiger partial charge is 0.177 e. The van der Waals surface area contributed by atoms with Crippen molar-refractivity contribution in [2.24, 2.45) is 0 Å². The van der Waals surface area contributed by atoms with Crippen molar-refractivity contribution in [2.45, 2.75) is 13.0 Å². The van der Waals surface area contributed by atoms with E-state index in [1.165, 1.54) is 23.5 Å². The third-order valence-electron chi connectivity index (χ3n) is 3.56. The molecule has 0 aliphatic rings. The number of benzene rings is 2. The number of hydrogen-bond acceptors (Lipinski definition) is 3. The zero-order valence-electron chi connectivity index (χ0n) is 12.3. The third-order valence-corrected chi connectivity index (χ3v) is 4.73. The van der Waals surface area contributed by atoms with Gasteiger partial charge in [0.15, 0.2) is 5.78 Å². The summed E-state index contributed by atoms with van der Waals surface area (Å²) >= 11 is 1.43. The third kappa shape index (κ3) is 3.73. The van der Waals surface area contributed by atoms with Crippen molar-refractivity contribution in [3.63, 3.8) is 0 Å². The van der Waals surface area contributed by atoms with E-state index in [-0.39, 0.29) is 24.6 Å². The first-order chi connectivity index (χ1) is 11.2. The van der Waals surface area contributed by atoms with Gasteiger partial charge in [0.25, 0.3) is 0 Å². The van der Waals surface area contributed by atoms with Gasteiger partial charge in [-0.25, -0.2) is 4.39 Å². The number of rotatable bonds is 5. The normalized spacial score (nSPS) is 10.7. The topological polar surface area (TPSA) is 37.3 Å². The van der Waals surface area contributed by atoms with Gasteiger partial charge in [0, 0.05) is 11.3 Å². The van der Waals surface area contributed by atoms with E-state index < -0.39 is 0 Å². The molecule has 0 aliphatic carbocycles. The number of halogens is 1. The molecule has 1 N–H and O–H groups in total. The quantitative estimate of drug-likeness (QED) is 0.702. The van der Waals surface area contributed by atoms with Crippen molar-refractivity contribution in [3.05, 3.63) is 82.5 Å². The Hall–Kier alpha value is -2.30. The minimum absolute atomic E-state index is 0.0150. The first kappa shape index (κ1) is 15.6. The minimum atomic E-state index is -0.328. The number of Topliss-reactive ketones (excluding diaryl/α,β-unsaturated/α-hetero) is 1. The highest BCUT2D eigenvalue weighted by atomic mass is 32.1. The number of carbonyl (C=O) groups is 1. The molecule has 0 unspecified atom stereocenters. The van der Waals surface area contributed by atoms with E-state index in [9.17, 15) is 9.18 Å². The molecule has 0 amide bonds. The molecular formula is C19H15FO2S. The van der Waals surface area contributed by atoms with Gasteiger partial charge in [0.1, 0.15) is 5.82 Å². The fraction of sp³-hybridized carbons (Fsp3) is 0.105. The van der Waals surface area contributed by atoms with Crippen LogP contribution in [0.2, 0.25) is 0 Å². The number of aliphatic hydroxyl groups is 1. The Morgan fingerprint density at radius 2 is 1.78 bits per heavy atom. The lowest BCUT2D eigenvalue weighted by Crippen LogP contribution is -2.01. The van der Waals surface area contributed by atoms with E-state index in [1.807, 2.05) is 36.4 Å². The minimum Gasteiger partial charge on any atom is -0.392 e. The molecule has 23 heavy (non-hydrogen) atoms. The summed E-state index contributed by atoms with van der Waals surface area (Å²) < 4.78 is 13.2. The maximum atomic E-state index is 13.2. The summed E-state index contributed by atoms with van der Waals surface area (Å²) in [6, 6.07) is 17.4. The summed E-state index contributed by atoms with van der Waals surface area (Å²) in [6.07, 6.45) is 0.196. The van der Waals surface area contributed by atoms with Gasteiger partial charge in [-0.3, -0.25) is 4.79 Å². The Balaban J connectivity index is 1.76. The molecular weight excluding hydrogens is 311 g/mol. The molecule has 0 aliphatic heterocycles. The number of ketones is 1. The van der Waals surface area contributed by atoms with Gasteiger partial charge < -0.3 is 5.11 Å². The van der Waals surface area contributed by atoms with Crippen molar-refractivity contribution < 1.29 is 14.3 Å². The van der Waals surface area contributed by atoms with Crippen LogP contribution in [0.3, 0.4) is 0 Å². The molecule has 4 heteroatoms. The molecule has 3 rings (SSSR count). The first-order valence-electron chi connectivity index (χ1n) is 7.23. The molecule has 0 spiro atoms. The Morgan fingerprint density at radius 3 is 2.48 bits per heavy atom. The number of aliphatic hydroxyl groups excluding tert-OH is 1. The summed E-state index contributed by atoms with van der Waals surface area (Å²) in [5.41, 5.74) is 2.54. The van der Waals surface area contributed by atoms with Crippen molar-refractivity contribution in [3.8, 4) is 10.4 Å². The van der Waals surface area contributed by atoms with Crippen LogP contribution in [0.5, 0.6) is 0 Å². The number of thiophene rings is 1. The fourth-order valence-corrected chi connectivity index (χ4v) is 3.29. The predicted molar refractivity (Wildman–Crippen MR) is 90.1 cm³/mol. The lowest BCUT2D eigenvalue weighted by atomic mass is 10.1. The van der Waals surface area contributed by atoms with E-state index in [0.29, 0.717) is 10.4 Å². The number of carbonyl (C=O) groups excluding carboxylic acids is 1. The molecule has 2 aromatic carbocycles. The van der Waals surface area contributed by atoms with Gasteiger partial charge in [-0.2, -0.15) is 0 Å². The van der Waals surface area contributed by atoms with Gasteiger partial charge in [0.05, 0.1) is 11.5 Å². The molecule has 0 bridgehead atoms. The lowest BCUT2D eigenvalue weighted by molar-refractivity contribution is 0.0997. The Morgan fingerprint density at radius 1 is 1.00 bits per heavy atom. The zero-order valence-corrected chi connectivity index (χ0v) is 13.1. The predicted octanol–water partition coefficient (Wildman–Crippen LogP) is 4.47. The molecule has 0 radical (unpaired) electrons. The molecule has 0 saturated heterocycles. The lowest BCUT2D eigenvalue weighted by Gasteiger charge is -2.00. The largest absolute Gasteiger partial charge is 0.392 e. The summed E-state index contributed by atoms with van der Waals surface area (Å²) in [5, 5.41) is 9.07. The van der Waals surface area contributed by atoms with E-state index in [4.69, 9.17) is 5.11 Å². The van der Waals surface area contributed by atoms with E-state index in [1.54, 1.807) is 12.1 Å². The van der Waals surface area contributed by atoms with Crippen molar-refractivity contribution in [1.82, 2.24) is 0 Å². The molecule has 1 heterocycles. The molecule has 0 saturated carbocycles. The fourth-order valence-electron chi connectivity index (χ4n) is 2.34. The van der Waals surface area contributed by atoms with Gasteiger partial charge in [-0.1, -0.05) is 36.4 Å². The molecule has 0 atom stereocenters. The zero-order chi connectivity index (χ0) is 16.2. The van der Waals surface area contributed by atoms with Crippen LogP contribution < -0.4 is 0 Å². The van der Waals surface area contributed by atoms with Gasteiger partial charge in [-0.05, 0) is 41.0 Å². The van der Waals surface area contributed by atoms with Crippen molar-refractivity contribution >= 4 is 17.1 Å². The Kier molecular flexibility index (Phi) is 4.65. The first-order valence-corrected chi connectivity index (χ1v) is 8.05. The van der Waals surface area contributed by atoms with Crippen LogP contribution in [-0.2, 0) is 13.0 Å². The maximum Gasteiger partial charge on any atom is 0.177 e. The van der Waals surface area contributed by atoms with E-state index in [2.05, 4.69) is 0 Å². The van der Waals surface area contributed by atoms with Crippen LogP contribution in [0, 0.1) is 5.82 Å². The summed E-state index contributed by atoms with van der Waals surface area (Å²) in [5.74, 6) is -0.343. The highest BCUT2D eigenvalue weighted by molar-refractivity contribution is 7.17. The molecule has 3 aromatic rings. The summed E-state index contributed by atoms with van der Waals surface area (Å²) in [6.45, 7) is 0.0160. The monoisotopic (exact) mass is 326 g/mol. The SMILES string of the molecule is O=C(Cc1cccc(F)c1)c1ccc(-c2ccc(CO)cc2)s1. The van der Waals surface area contributed by atoms with Gasteiger partial charge >= 0.3 is 0 Å². The van der Waals surface area contributed by atoms with Crippen LogP contribution in [-0.4, -0.2) is 10.9 Å². The molecule has 116 valence electrons. The number of hydrogen-bond donors (Lipinski definition) is 1. The van der Waals surface area contributed by atoms with Gasteiger partial charge in [-0.15, -0.1) is 11.3 Å². The molecule has 0 fully saturated rings. The van der Waals surface area contributed by atoms with Crippen LogP contribution >= 0.6 is 11.3 Å². The average Bonchev–Trinajstić information content (AvgIpc) is 3.05. The second-order valence-electron chi connectivity index (χ2n) is 5.25. The van der Waals surface area contributed by atoms with Crippen LogP contribution in [0.25, 0.3) is 10.4 Å². The maximum absolute atomic E-state index is 13.2. The van der Waals surface area contributed by atoms with Gasteiger partial charge in [0.2, 0.25) is 0 Å². The standard InChI is InChI=1S/C19H15FO2S/c20-16-3-1-2-14(10-16)11-17(22)19-9-8-18(23-19)15-6-4-13(12-21)5-7-15/h1-10,21H,11-12H2.